The summed E-state index contributed by atoms with van der Waals surface area (Å²) in [6, 6.07) is 2.51. The Morgan fingerprint density at radius 1 is 1.69 bits per heavy atom. The number of aromatic nitrogens is 1. The molecular weight excluding hydrogens is 218 g/mol. The van der Waals surface area contributed by atoms with Crippen molar-refractivity contribution in [2.24, 2.45) is 5.73 Å². The largest absolute Gasteiger partial charge is 0.389 e. The van der Waals surface area contributed by atoms with Crippen LogP contribution in [0.15, 0.2) is 18.5 Å². The van der Waals surface area contributed by atoms with E-state index in [1.165, 1.54) is 12.8 Å². The van der Waals surface area contributed by atoms with Gasteiger partial charge in [-0.3, -0.25) is 4.98 Å². The molecule has 4 heteroatoms. The van der Waals surface area contributed by atoms with Crippen LogP contribution in [0.25, 0.3) is 0 Å². The van der Waals surface area contributed by atoms with Gasteiger partial charge < -0.3 is 10.6 Å². The van der Waals surface area contributed by atoms with Gasteiger partial charge in [0.2, 0.25) is 0 Å². The summed E-state index contributed by atoms with van der Waals surface area (Å²) >= 11 is 5.08. The number of rotatable bonds is 3. The lowest BCUT2D eigenvalue weighted by atomic mass is 10.1. The smallest absolute Gasteiger partial charge is 0.106 e. The standard InChI is InChI=1S/C12H17N3S/c1-2-9-4-3-7-15(9)11-8-14-6-5-10(11)12(13)16/h5-6,8-9H,2-4,7H2,1H3,(H2,13,16). The summed E-state index contributed by atoms with van der Waals surface area (Å²) in [6.45, 7) is 3.31. The minimum atomic E-state index is 0.458. The predicted octanol–water partition coefficient (Wildman–Crippen LogP) is 2.09. The summed E-state index contributed by atoms with van der Waals surface area (Å²) in [5.41, 5.74) is 7.79. The molecule has 0 aliphatic carbocycles. The van der Waals surface area contributed by atoms with E-state index in [4.69, 9.17) is 18.0 Å². The highest BCUT2D eigenvalue weighted by atomic mass is 32.1. The molecule has 1 aliphatic rings. The van der Waals surface area contributed by atoms with Crippen LogP contribution in [0, 0.1) is 0 Å². The number of thiocarbonyl (C=S) groups is 1. The van der Waals surface area contributed by atoms with Crippen LogP contribution in [0.2, 0.25) is 0 Å². The van der Waals surface area contributed by atoms with Crippen molar-refractivity contribution >= 4 is 22.9 Å². The minimum absolute atomic E-state index is 0.458. The molecular formula is C12H17N3S. The molecule has 0 amide bonds. The van der Waals surface area contributed by atoms with E-state index in [-0.39, 0.29) is 0 Å². The summed E-state index contributed by atoms with van der Waals surface area (Å²) in [6.07, 6.45) is 7.27. The molecule has 0 aromatic carbocycles. The summed E-state index contributed by atoms with van der Waals surface area (Å²) in [4.78, 5) is 7.03. The van der Waals surface area contributed by atoms with Gasteiger partial charge in [-0.25, -0.2) is 0 Å². The Balaban J connectivity index is 2.35. The van der Waals surface area contributed by atoms with Gasteiger partial charge in [-0.05, 0) is 25.3 Å². The third-order valence-corrected chi connectivity index (χ3v) is 3.44. The number of hydrogen-bond acceptors (Lipinski definition) is 3. The molecule has 2 heterocycles. The van der Waals surface area contributed by atoms with Crippen LogP contribution in [0.1, 0.15) is 31.7 Å². The summed E-state index contributed by atoms with van der Waals surface area (Å²) in [5.74, 6) is 0. The summed E-state index contributed by atoms with van der Waals surface area (Å²) in [5, 5.41) is 0. The SMILES string of the molecule is CCC1CCCN1c1cnccc1C(N)=S. The van der Waals surface area contributed by atoms with Gasteiger partial charge >= 0.3 is 0 Å². The molecule has 3 nitrogen and oxygen atoms in total. The number of nitrogens with two attached hydrogens (primary N) is 1. The quantitative estimate of drug-likeness (QED) is 0.815. The lowest BCUT2D eigenvalue weighted by Gasteiger charge is -2.27. The first-order valence-corrected chi connectivity index (χ1v) is 6.15. The molecule has 2 rings (SSSR count). The van der Waals surface area contributed by atoms with Crippen LogP contribution in [0.5, 0.6) is 0 Å². The van der Waals surface area contributed by atoms with E-state index in [9.17, 15) is 0 Å². The van der Waals surface area contributed by atoms with E-state index in [0.29, 0.717) is 11.0 Å². The lowest BCUT2D eigenvalue weighted by Crippen LogP contribution is -2.30. The summed E-state index contributed by atoms with van der Waals surface area (Å²) in [7, 11) is 0. The Bertz CT molecular complexity index is 392. The molecule has 16 heavy (non-hydrogen) atoms. The molecule has 0 spiro atoms. The molecule has 0 bridgehead atoms. The molecule has 1 saturated heterocycles. The zero-order valence-electron chi connectivity index (χ0n) is 9.52. The molecule has 1 aromatic rings. The van der Waals surface area contributed by atoms with Gasteiger partial charge in [0, 0.05) is 24.3 Å². The first-order chi connectivity index (χ1) is 7.74. The fraction of sp³-hybridized carbons (Fsp3) is 0.500. The molecule has 1 aromatic heterocycles. The maximum absolute atomic E-state index is 5.75. The maximum atomic E-state index is 5.75. The molecule has 1 fully saturated rings. The average Bonchev–Trinajstić information content (AvgIpc) is 2.76. The Morgan fingerprint density at radius 2 is 2.50 bits per heavy atom. The molecule has 2 N–H and O–H groups in total. The Morgan fingerprint density at radius 3 is 3.19 bits per heavy atom. The minimum Gasteiger partial charge on any atom is -0.389 e. The van der Waals surface area contributed by atoms with Crippen molar-refractivity contribution in [3.8, 4) is 0 Å². The third kappa shape index (κ3) is 2.02. The zero-order valence-corrected chi connectivity index (χ0v) is 10.3. The monoisotopic (exact) mass is 235 g/mol. The van der Waals surface area contributed by atoms with E-state index < -0.39 is 0 Å². The molecule has 86 valence electrons. The molecule has 1 aliphatic heterocycles. The van der Waals surface area contributed by atoms with Crippen LogP contribution < -0.4 is 10.6 Å². The fourth-order valence-electron chi connectivity index (χ4n) is 2.40. The Labute approximate surface area is 102 Å². The fourth-order valence-corrected chi connectivity index (χ4v) is 2.57. The van der Waals surface area contributed by atoms with Crippen LogP contribution in [-0.4, -0.2) is 22.6 Å². The third-order valence-electron chi connectivity index (χ3n) is 3.22. The highest BCUT2D eigenvalue weighted by molar-refractivity contribution is 7.80. The normalized spacial score (nSPS) is 20.1. The van der Waals surface area contributed by atoms with Gasteiger partial charge in [0.05, 0.1) is 11.9 Å². The van der Waals surface area contributed by atoms with Gasteiger partial charge in [-0.2, -0.15) is 0 Å². The van der Waals surface area contributed by atoms with Gasteiger partial charge in [-0.15, -0.1) is 0 Å². The van der Waals surface area contributed by atoms with E-state index >= 15 is 0 Å². The Kier molecular flexibility index (Phi) is 3.39. The Hall–Kier alpha value is -1.16. The van der Waals surface area contributed by atoms with Crippen molar-refractivity contribution in [1.29, 1.82) is 0 Å². The van der Waals surface area contributed by atoms with Gasteiger partial charge in [0.25, 0.3) is 0 Å². The second-order valence-electron chi connectivity index (χ2n) is 4.15. The number of hydrogen-bond donors (Lipinski definition) is 1. The number of nitrogens with zero attached hydrogens (tertiary/aromatic N) is 2. The van der Waals surface area contributed by atoms with E-state index in [2.05, 4.69) is 16.8 Å². The average molecular weight is 235 g/mol. The molecule has 0 saturated carbocycles. The van der Waals surface area contributed by atoms with Crippen molar-refractivity contribution < 1.29 is 0 Å². The van der Waals surface area contributed by atoms with Crippen molar-refractivity contribution in [2.75, 3.05) is 11.4 Å². The number of anilines is 1. The van der Waals surface area contributed by atoms with Crippen LogP contribution in [0.4, 0.5) is 5.69 Å². The van der Waals surface area contributed by atoms with E-state index in [0.717, 1.165) is 24.2 Å². The second kappa shape index (κ2) is 4.78. The van der Waals surface area contributed by atoms with Crippen molar-refractivity contribution in [3.05, 3.63) is 24.0 Å². The van der Waals surface area contributed by atoms with Crippen molar-refractivity contribution in [3.63, 3.8) is 0 Å². The number of pyridine rings is 1. The van der Waals surface area contributed by atoms with Crippen LogP contribution in [-0.2, 0) is 0 Å². The predicted molar refractivity (Wildman–Crippen MR) is 70.8 cm³/mol. The lowest BCUT2D eigenvalue weighted by molar-refractivity contribution is 0.644. The van der Waals surface area contributed by atoms with Crippen molar-refractivity contribution in [1.82, 2.24) is 4.98 Å². The summed E-state index contributed by atoms with van der Waals surface area (Å²) < 4.78 is 0. The van der Waals surface area contributed by atoms with Gasteiger partial charge in [0.1, 0.15) is 4.99 Å². The topological polar surface area (TPSA) is 42.2 Å². The molecule has 1 atom stereocenters. The molecule has 1 unspecified atom stereocenters. The zero-order chi connectivity index (χ0) is 11.5. The second-order valence-corrected chi connectivity index (χ2v) is 4.59. The van der Waals surface area contributed by atoms with Crippen LogP contribution in [0.3, 0.4) is 0 Å². The van der Waals surface area contributed by atoms with Crippen LogP contribution >= 0.6 is 12.2 Å². The first-order valence-electron chi connectivity index (χ1n) is 5.74. The van der Waals surface area contributed by atoms with E-state index in [1.807, 2.05) is 12.3 Å². The highest BCUT2D eigenvalue weighted by Gasteiger charge is 2.25. The van der Waals surface area contributed by atoms with Gasteiger partial charge in [0.15, 0.2) is 0 Å². The maximum Gasteiger partial charge on any atom is 0.106 e. The highest BCUT2D eigenvalue weighted by Crippen LogP contribution is 2.29. The first kappa shape index (κ1) is 11.3. The van der Waals surface area contributed by atoms with Gasteiger partial charge in [-0.1, -0.05) is 19.1 Å². The van der Waals surface area contributed by atoms with E-state index in [1.54, 1.807) is 6.20 Å². The molecule has 0 radical (unpaired) electrons. The van der Waals surface area contributed by atoms with Crippen molar-refractivity contribution in [2.45, 2.75) is 32.2 Å².